The molecule has 0 bridgehead atoms. The zero-order valence-electron chi connectivity index (χ0n) is 17.6. The molecule has 2 aromatic carbocycles. The highest BCUT2D eigenvalue weighted by atomic mass is 16.5. The lowest BCUT2D eigenvalue weighted by atomic mass is 10.0. The van der Waals surface area contributed by atoms with Crippen molar-refractivity contribution < 1.29 is 24.2 Å². The van der Waals surface area contributed by atoms with Crippen molar-refractivity contribution in [2.45, 2.75) is 51.9 Å². The molecule has 0 saturated carbocycles. The van der Waals surface area contributed by atoms with Crippen LogP contribution < -0.4 is 5.32 Å². The summed E-state index contributed by atoms with van der Waals surface area (Å²) in [4.78, 5) is 35.0. The topological polar surface area (TPSA) is 92.7 Å². The molecule has 6 nitrogen and oxygen atoms in total. The molecule has 6 heteroatoms. The number of unbranched alkanes of at least 4 members (excludes halogenated alkanes) is 2. The second-order valence-electron chi connectivity index (χ2n) is 7.22. The monoisotopic (exact) mass is 411 g/mol. The normalized spacial score (nSPS) is 10.5. The van der Waals surface area contributed by atoms with Gasteiger partial charge < -0.3 is 15.2 Å². The molecular weight excluding hydrogens is 382 g/mol. The Bertz CT molecular complexity index is 874. The van der Waals surface area contributed by atoms with E-state index in [-0.39, 0.29) is 17.4 Å². The maximum Gasteiger partial charge on any atom is 0.337 e. The average Bonchev–Trinajstić information content (AvgIpc) is 2.74. The number of ether oxygens (including phenoxy) is 1. The fourth-order valence-electron chi connectivity index (χ4n) is 3.24. The summed E-state index contributed by atoms with van der Waals surface area (Å²) in [5.74, 6) is -1.45. The lowest BCUT2D eigenvalue weighted by molar-refractivity contribution is -0.116. The van der Waals surface area contributed by atoms with E-state index in [0.717, 1.165) is 49.7 Å². The number of carboxylic acid groups (broad SMARTS) is 1. The van der Waals surface area contributed by atoms with Gasteiger partial charge in [0.05, 0.1) is 18.2 Å². The molecule has 0 aliphatic carbocycles. The first-order chi connectivity index (χ1) is 14.4. The summed E-state index contributed by atoms with van der Waals surface area (Å²) in [6.45, 7) is 2.04. The third-order valence-corrected chi connectivity index (χ3v) is 4.89. The Balaban J connectivity index is 1.78. The van der Waals surface area contributed by atoms with Gasteiger partial charge in [0.1, 0.15) is 0 Å². The standard InChI is InChI=1S/C24H29NO5/c1-3-7-18-14-15-20(23(27)28)16-21(18)25-22(26)9-6-4-5-8-17-10-12-19(13-11-17)24(29)30-2/h10-16H,3-9H2,1-2H3,(H,25,26)(H,27,28). The summed E-state index contributed by atoms with van der Waals surface area (Å²) >= 11 is 0. The third-order valence-electron chi connectivity index (χ3n) is 4.89. The number of anilines is 1. The van der Waals surface area contributed by atoms with E-state index < -0.39 is 5.97 Å². The van der Waals surface area contributed by atoms with Crippen molar-refractivity contribution in [1.29, 1.82) is 0 Å². The average molecular weight is 411 g/mol. The number of esters is 1. The molecule has 1 amide bonds. The van der Waals surface area contributed by atoms with Gasteiger partial charge in [-0.1, -0.05) is 38.0 Å². The zero-order valence-corrected chi connectivity index (χ0v) is 17.6. The van der Waals surface area contributed by atoms with E-state index >= 15 is 0 Å². The molecule has 2 rings (SSSR count). The molecule has 2 aromatic rings. The molecule has 0 atom stereocenters. The SMILES string of the molecule is CCCc1ccc(C(=O)O)cc1NC(=O)CCCCCc1ccc(C(=O)OC)cc1. The quantitative estimate of drug-likeness (QED) is 0.407. The number of hydrogen-bond acceptors (Lipinski definition) is 4. The molecule has 0 radical (unpaired) electrons. The van der Waals surface area contributed by atoms with Gasteiger partial charge in [-0.3, -0.25) is 4.79 Å². The predicted octanol–water partition coefficient (Wildman–Crippen LogP) is 4.87. The Labute approximate surface area is 177 Å². The fourth-order valence-corrected chi connectivity index (χ4v) is 3.24. The number of amides is 1. The number of aryl methyl sites for hydroxylation is 2. The number of methoxy groups -OCH3 is 1. The van der Waals surface area contributed by atoms with Gasteiger partial charge in [-0.05, 0) is 61.1 Å². The fraction of sp³-hybridized carbons (Fsp3) is 0.375. The Hall–Kier alpha value is -3.15. The minimum absolute atomic E-state index is 0.0997. The maximum absolute atomic E-state index is 12.3. The van der Waals surface area contributed by atoms with Crippen molar-refractivity contribution in [3.8, 4) is 0 Å². The molecule has 0 aromatic heterocycles. The van der Waals surface area contributed by atoms with Crippen LogP contribution >= 0.6 is 0 Å². The maximum atomic E-state index is 12.3. The minimum atomic E-state index is -1.01. The highest BCUT2D eigenvalue weighted by Crippen LogP contribution is 2.20. The minimum Gasteiger partial charge on any atom is -0.478 e. The van der Waals surface area contributed by atoms with Crippen molar-refractivity contribution >= 4 is 23.5 Å². The van der Waals surface area contributed by atoms with Crippen LogP contribution in [0.3, 0.4) is 0 Å². The molecule has 0 aliphatic rings. The van der Waals surface area contributed by atoms with Crippen LogP contribution in [0.25, 0.3) is 0 Å². The third kappa shape index (κ3) is 7.03. The number of rotatable bonds is 11. The van der Waals surface area contributed by atoms with Crippen LogP contribution in [0.1, 0.15) is 70.9 Å². The summed E-state index contributed by atoms with van der Waals surface area (Å²) < 4.78 is 4.69. The number of carbonyl (C=O) groups is 3. The lowest BCUT2D eigenvalue weighted by Crippen LogP contribution is -2.13. The first-order valence-electron chi connectivity index (χ1n) is 10.3. The van der Waals surface area contributed by atoms with E-state index in [4.69, 9.17) is 0 Å². The predicted molar refractivity (Wildman–Crippen MR) is 116 cm³/mol. The van der Waals surface area contributed by atoms with E-state index in [1.165, 1.54) is 13.2 Å². The first-order valence-corrected chi connectivity index (χ1v) is 10.3. The summed E-state index contributed by atoms with van der Waals surface area (Å²) in [5, 5.41) is 12.1. The summed E-state index contributed by atoms with van der Waals surface area (Å²) in [5.41, 5.74) is 3.39. The number of carbonyl (C=O) groups excluding carboxylic acids is 2. The molecule has 160 valence electrons. The van der Waals surface area contributed by atoms with Crippen molar-refractivity contribution in [2.75, 3.05) is 12.4 Å². The van der Waals surface area contributed by atoms with Crippen LogP contribution in [0.2, 0.25) is 0 Å². The molecule has 0 fully saturated rings. The van der Waals surface area contributed by atoms with Crippen LogP contribution in [0.4, 0.5) is 5.69 Å². The Kier molecular flexibility index (Phi) is 9.06. The molecule has 2 N–H and O–H groups in total. The van der Waals surface area contributed by atoms with Crippen LogP contribution in [-0.2, 0) is 22.4 Å². The van der Waals surface area contributed by atoms with Crippen molar-refractivity contribution in [3.63, 3.8) is 0 Å². The lowest BCUT2D eigenvalue weighted by Gasteiger charge is -2.12. The van der Waals surface area contributed by atoms with Gasteiger partial charge in [0.25, 0.3) is 0 Å². The smallest absolute Gasteiger partial charge is 0.337 e. The first kappa shape index (κ1) is 23.1. The van der Waals surface area contributed by atoms with Gasteiger partial charge >= 0.3 is 11.9 Å². The summed E-state index contributed by atoms with van der Waals surface area (Å²) in [7, 11) is 1.36. The second-order valence-corrected chi connectivity index (χ2v) is 7.22. The van der Waals surface area contributed by atoms with E-state index in [2.05, 4.69) is 10.1 Å². The van der Waals surface area contributed by atoms with Gasteiger partial charge in [0.2, 0.25) is 5.91 Å². The Morgan fingerprint density at radius 1 is 0.933 bits per heavy atom. The van der Waals surface area contributed by atoms with Crippen LogP contribution in [-0.4, -0.2) is 30.1 Å². The van der Waals surface area contributed by atoms with E-state index in [1.54, 1.807) is 24.3 Å². The van der Waals surface area contributed by atoms with Gasteiger partial charge in [-0.15, -0.1) is 0 Å². The van der Waals surface area contributed by atoms with Crippen molar-refractivity contribution in [3.05, 3.63) is 64.7 Å². The number of nitrogens with one attached hydrogen (secondary N) is 1. The van der Waals surface area contributed by atoms with Crippen LogP contribution in [0.15, 0.2) is 42.5 Å². The molecule has 0 spiro atoms. The number of aromatic carboxylic acids is 1. The Morgan fingerprint density at radius 3 is 2.27 bits per heavy atom. The highest BCUT2D eigenvalue weighted by Gasteiger charge is 2.11. The molecule has 0 heterocycles. The summed E-state index contributed by atoms with van der Waals surface area (Å²) in [6.07, 6.45) is 5.58. The molecule has 0 saturated heterocycles. The van der Waals surface area contributed by atoms with Crippen LogP contribution in [0, 0.1) is 0 Å². The zero-order chi connectivity index (χ0) is 21.9. The van der Waals surface area contributed by atoms with E-state index in [0.29, 0.717) is 17.7 Å². The molecule has 0 unspecified atom stereocenters. The largest absolute Gasteiger partial charge is 0.478 e. The number of carboxylic acids is 1. The number of hydrogen-bond donors (Lipinski definition) is 2. The van der Waals surface area contributed by atoms with Gasteiger partial charge in [-0.25, -0.2) is 9.59 Å². The van der Waals surface area contributed by atoms with Gasteiger partial charge in [0.15, 0.2) is 0 Å². The summed E-state index contributed by atoms with van der Waals surface area (Å²) in [6, 6.07) is 12.2. The van der Waals surface area contributed by atoms with Gasteiger partial charge in [0, 0.05) is 12.1 Å². The van der Waals surface area contributed by atoms with Crippen molar-refractivity contribution in [1.82, 2.24) is 0 Å². The van der Waals surface area contributed by atoms with E-state index in [9.17, 15) is 19.5 Å². The highest BCUT2D eigenvalue weighted by molar-refractivity contribution is 5.94. The molecular formula is C24H29NO5. The van der Waals surface area contributed by atoms with Gasteiger partial charge in [-0.2, -0.15) is 0 Å². The van der Waals surface area contributed by atoms with Crippen molar-refractivity contribution in [2.24, 2.45) is 0 Å². The molecule has 0 aliphatic heterocycles. The van der Waals surface area contributed by atoms with E-state index in [1.807, 2.05) is 19.1 Å². The Morgan fingerprint density at radius 2 is 1.63 bits per heavy atom. The molecule has 30 heavy (non-hydrogen) atoms. The number of benzene rings is 2. The second kappa shape index (κ2) is 11.8. The van der Waals surface area contributed by atoms with Crippen LogP contribution in [0.5, 0.6) is 0 Å².